The van der Waals surface area contributed by atoms with E-state index in [1.54, 1.807) is 13.3 Å². The third-order valence-corrected chi connectivity index (χ3v) is 3.31. The summed E-state index contributed by atoms with van der Waals surface area (Å²) in [6.07, 6.45) is 2.68. The lowest BCUT2D eigenvalue weighted by Crippen LogP contribution is -2.09. The first-order valence-corrected chi connectivity index (χ1v) is 7.32. The van der Waals surface area contributed by atoms with Gasteiger partial charge < -0.3 is 14.8 Å². The number of anilines is 1. The number of hydrogen-bond acceptors (Lipinski definition) is 5. The van der Waals surface area contributed by atoms with E-state index in [2.05, 4.69) is 31.4 Å². The summed E-state index contributed by atoms with van der Waals surface area (Å²) in [4.78, 5) is 0. The van der Waals surface area contributed by atoms with Crippen molar-refractivity contribution in [1.82, 2.24) is 10.2 Å². The molecule has 1 aromatic heterocycles. The lowest BCUT2D eigenvalue weighted by molar-refractivity contribution is 0.0705. The molecule has 0 bridgehead atoms. The molecule has 1 N–H and O–H groups in total. The molecule has 0 fully saturated rings. The highest BCUT2D eigenvalue weighted by molar-refractivity contribution is 9.10. The van der Waals surface area contributed by atoms with Crippen molar-refractivity contribution in [3.63, 3.8) is 0 Å². The molecule has 0 aliphatic heterocycles. The van der Waals surface area contributed by atoms with Crippen LogP contribution in [0.5, 0.6) is 0 Å². The van der Waals surface area contributed by atoms with Gasteiger partial charge in [0.1, 0.15) is 0 Å². The number of methoxy groups -OCH3 is 1. The summed E-state index contributed by atoms with van der Waals surface area (Å²) >= 11 is 3.48. The Labute approximate surface area is 126 Å². The molecule has 1 heterocycles. The third-order valence-electron chi connectivity index (χ3n) is 2.81. The number of hydrogen-bond donors (Lipinski definition) is 1. The molecule has 0 aliphatic rings. The molecule has 0 saturated heterocycles. The number of ether oxygens (including phenoxy) is 2. The quantitative estimate of drug-likeness (QED) is 0.749. The second kappa shape index (κ2) is 8.14. The van der Waals surface area contributed by atoms with Gasteiger partial charge in [0.2, 0.25) is 0 Å². The number of benzene rings is 1. The van der Waals surface area contributed by atoms with Gasteiger partial charge in [0, 0.05) is 30.1 Å². The Morgan fingerprint density at radius 1 is 1.25 bits per heavy atom. The highest BCUT2D eigenvalue weighted by Gasteiger charge is 2.03. The van der Waals surface area contributed by atoms with E-state index in [4.69, 9.17) is 9.47 Å². The van der Waals surface area contributed by atoms with Crippen molar-refractivity contribution in [1.29, 1.82) is 0 Å². The summed E-state index contributed by atoms with van der Waals surface area (Å²) < 4.78 is 11.4. The van der Waals surface area contributed by atoms with Crippen molar-refractivity contribution in [2.75, 3.05) is 38.8 Å². The van der Waals surface area contributed by atoms with Crippen molar-refractivity contribution in [2.24, 2.45) is 0 Å². The van der Waals surface area contributed by atoms with Gasteiger partial charge in [-0.15, -0.1) is 0 Å². The summed E-state index contributed by atoms with van der Waals surface area (Å²) in [5.74, 6) is 0. The van der Waals surface area contributed by atoms with Gasteiger partial charge in [-0.05, 0) is 24.6 Å². The number of rotatable bonds is 8. The fourth-order valence-electron chi connectivity index (χ4n) is 1.81. The molecule has 2 rings (SSSR count). The second-order valence-corrected chi connectivity index (χ2v) is 5.22. The average Bonchev–Trinajstić information content (AvgIpc) is 2.46. The van der Waals surface area contributed by atoms with E-state index >= 15 is 0 Å². The first-order valence-electron chi connectivity index (χ1n) is 6.53. The molecule has 0 spiro atoms. The molecule has 108 valence electrons. The van der Waals surface area contributed by atoms with E-state index in [0.29, 0.717) is 13.2 Å². The van der Waals surface area contributed by atoms with Gasteiger partial charge in [0.15, 0.2) is 0 Å². The number of nitrogens with zero attached hydrogens (tertiary/aromatic N) is 2. The molecule has 1 aromatic carbocycles. The van der Waals surface area contributed by atoms with Crippen LogP contribution in [0.15, 0.2) is 28.9 Å². The van der Waals surface area contributed by atoms with Gasteiger partial charge in [-0.25, -0.2) is 0 Å². The predicted molar refractivity (Wildman–Crippen MR) is 83.0 cm³/mol. The molecule has 0 radical (unpaired) electrons. The minimum Gasteiger partial charge on any atom is -0.383 e. The minimum absolute atomic E-state index is 0.639. The molecular formula is C14H18BrN3O2. The van der Waals surface area contributed by atoms with E-state index < -0.39 is 0 Å². The first kappa shape index (κ1) is 15.2. The van der Waals surface area contributed by atoms with Gasteiger partial charge in [0.25, 0.3) is 0 Å². The predicted octanol–water partition coefficient (Wildman–Crippen LogP) is 2.86. The van der Waals surface area contributed by atoms with Crippen LogP contribution in [-0.2, 0) is 9.47 Å². The maximum Gasteiger partial charge on any atom is 0.0951 e. The van der Waals surface area contributed by atoms with Gasteiger partial charge in [0.05, 0.1) is 30.6 Å². The number of aromatic nitrogens is 2. The van der Waals surface area contributed by atoms with Crippen molar-refractivity contribution in [3.05, 3.63) is 28.9 Å². The fraction of sp³-hybridized carbons (Fsp3) is 0.429. The van der Waals surface area contributed by atoms with Gasteiger partial charge >= 0.3 is 0 Å². The highest BCUT2D eigenvalue weighted by Crippen LogP contribution is 2.24. The Balaban J connectivity index is 1.85. The van der Waals surface area contributed by atoms with Crippen LogP contribution in [0.1, 0.15) is 6.42 Å². The normalized spacial score (nSPS) is 10.9. The van der Waals surface area contributed by atoms with E-state index in [1.165, 1.54) is 0 Å². The third kappa shape index (κ3) is 4.40. The van der Waals surface area contributed by atoms with Crippen LogP contribution in [0.25, 0.3) is 10.9 Å². The molecule has 0 unspecified atom stereocenters. The Kier molecular flexibility index (Phi) is 6.17. The second-order valence-electron chi connectivity index (χ2n) is 4.31. The maximum atomic E-state index is 5.42. The fourth-order valence-corrected chi connectivity index (χ4v) is 2.17. The molecule has 0 amide bonds. The van der Waals surface area contributed by atoms with Gasteiger partial charge in [-0.2, -0.15) is 10.2 Å². The van der Waals surface area contributed by atoms with E-state index in [9.17, 15) is 0 Å². The Morgan fingerprint density at radius 2 is 2.15 bits per heavy atom. The van der Waals surface area contributed by atoms with Gasteiger partial charge in [-0.3, -0.25) is 0 Å². The van der Waals surface area contributed by atoms with Crippen LogP contribution >= 0.6 is 15.9 Å². The zero-order chi connectivity index (χ0) is 14.2. The highest BCUT2D eigenvalue weighted by atomic mass is 79.9. The summed E-state index contributed by atoms with van der Waals surface area (Å²) in [7, 11) is 1.67. The van der Waals surface area contributed by atoms with Gasteiger partial charge in [-0.1, -0.05) is 15.9 Å². The zero-order valence-corrected chi connectivity index (χ0v) is 13.0. The number of halogens is 1. The SMILES string of the molecule is COCCOCCCNc1cnnc2ccc(Br)cc12. The van der Waals surface area contributed by atoms with Crippen LogP contribution in [0.3, 0.4) is 0 Å². The van der Waals surface area contributed by atoms with Crippen molar-refractivity contribution in [3.8, 4) is 0 Å². The van der Waals surface area contributed by atoms with Crippen LogP contribution in [0, 0.1) is 0 Å². The largest absolute Gasteiger partial charge is 0.383 e. The Hall–Kier alpha value is -1.24. The van der Waals surface area contributed by atoms with E-state index in [0.717, 1.165) is 40.6 Å². The summed E-state index contributed by atoms with van der Waals surface area (Å²) in [6.45, 7) is 2.83. The monoisotopic (exact) mass is 339 g/mol. The summed E-state index contributed by atoms with van der Waals surface area (Å²) in [5, 5.41) is 12.6. The maximum absolute atomic E-state index is 5.42. The molecule has 20 heavy (non-hydrogen) atoms. The molecule has 5 nitrogen and oxygen atoms in total. The topological polar surface area (TPSA) is 56.3 Å². The summed E-state index contributed by atoms with van der Waals surface area (Å²) in [6, 6.07) is 5.96. The lowest BCUT2D eigenvalue weighted by atomic mass is 10.2. The Morgan fingerprint density at radius 3 is 3.00 bits per heavy atom. The zero-order valence-electron chi connectivity index (χ0n) is 11.4. The van der Waals surface area contributed by atoms with Crippen molar-refractivity contribution < 1.29 is 9.47 Å². The number of nitrogens with one attached hydrogen (secondary N) is 1. The summed E-state index contributed by atoms with van der Waals surface area (Å²) in [5.41, 5.74) is 1.88. The molecule has 0 saturated carbocycles. The van der Waals surface area contributed by atoms with Crippen LogP contribution < -0.4 is 5.32 Å². The lowest BCUT2D eigenvalue weighted by Gasteiger charge is -2.09. The standard InChI is InChI=1S/C14H18BrN3O2/c1-19-7-8-20-6-2-5-16-14-10-17-18-13-4-3-11(15)9-12(13)14/h3-4,9-10H,2,5-8H2,1H3,(H,16,18). The average molecular weight is 340 g/mol. The van der Waals surface area contributed by atoms with E-state index in [-0.39, 0.29) is 0 Å². The molecule has 0 aliphatic carbocycles. The van der Waals surface area contributed by atoms with Crippen LogP contribution in [-0.4, -0.2) is 43.7 Å². The smallest absolute Gasteiger partial charge is 0.0951 e. The number of fused-ring (bicyclic) bond motifs is 1. The molecule has 2 aromatic rings. The molecular weight excluding hydrogens is 322 g/mol. The van der Waals surface area contributed by atoms with Crippen molar-refractivity contribution in [2.45, 2.75) is 6.42 Å². The Bertz CT molecular complexity index is 551. The van der Waals surface area contributed by atoms with Crippen molar-refractivity contribution >= 4 is 32.5 Å². The van der Waals surface area contributed by atoms with Crippen LogP contribution in [0.4, 0.5) is 5.69 Å². The first-order chi connectivity index (χ1) is 9.81. The molecule has 0 atom stereocenters. The van der Waals surface area contributed by atoms with Crippen LogP contribution in [0.2, 0.25) is 0 Å². The van der Waals surface area contributed by atoms with E-state index in [1.807, 2.05) is 18.2 Å². The molecule has 6 heteroatoms. The minimum atomic E-state index is 0.639.